The van der Waals surface area contributed by atoms with Crippen molar-refractivity contribution in [3.63, 3.8) is 0 Å². The SMILES string of the molecule is [2H]C([2H])([2H])N(C(N)=O)c1cc(C)c(CCS(=O)(=O)N2CCC3(CC2)N=C(c2ccc(F)c(C(F)(F)F)c2)NC3=O)c(C)c1. The lowest BCUT2D eigenvalue weighted by Crippen LogP contribution is -2.50. The molecule has 2 aliphatic heterocycles. The lowest BCUT2D eigenvalue weighted by molar-refractivity contribution is -0.140. The highest BCUT2D eigenvalue weighted by Crippen LogP contribution is 2.35. The number of halogens is 4. The minimum absolute atomic E-state index is 0.0142. The number of urea groups is 1. The van der Waals surface area contributed by atoms with Gasteiger partial charge >= 0.3 is 12.2 Å². The number of nitrogens with zero attached hydrogens (tertiary/aromatic N) is 3. The third-order valence-corrected chi connectivity index (χ3v) is 9.11. The summed E-state index contributed by atoms with van der Waals surface area (Å²) in [4.78, 5) is 29.4. The Labute approximate surface area is 233 Å². The number of benzene rings is 2. The molecule has 3 amide bonds. The van der Waals surface area contributed by atoms with Crippen molar-refractivity contribution in [2.75, 3.05) is 30.7 Å². The first-order valence-corrected chi connectivity index (χ1v) is 13.8. The van der Waals surface area contributed by atoms with Crippen LogP contribution < -0.4 is 16.0 Å². The van der Waals surface area contributed by atoms with Crippen LogP contribution >= 0.6 is 0 Å². The third kappa shape index (κ3) is 5.68. The van der Waals surface area contributed by atoms with Gasteiger partial charge in [0.15, 0.2) is 0 Å². The first kappa shape index (κ1) is 25.4. The molecular weight excluding hydrogens is 554 g/mol. The number of sulfonamides is 1. The maximum atomic E-state index is 13.7. The second-order valence-corrected chi connectivity index (χ2v) is 11.9. The largest absolute Gasteiger partial charge is 0.419 e. The fraction of sp³-hybridized carbons (Fsp3) is 0.423. The summed E-state index contributed by atoms with van der Waals surface area (Å²) in [5, 5.41) is 2.46. The molecule has 9 nitrogen and oxygen atoms in total. The van der Waals surface area contributed by atoms with Gasteiger partial charge in [0, 0.05) is 35.4 Å². The number of alkyl halides is 3. The second kappa shape index (κ2) is 10.5. The predicted molar refractivity (Wildman–Crippen MR) is 141 cm³/mol. The zero-order chi connectivity index (χ0) is 32.1. The lowest BCUT2D eigenvalue weighted by atomic mass is 9.89. The smallest absolute Gasteiger partial charge is 0.351 e. The molecule has 2 heterocycles. The molecule has 1 saturated heterocycles. The van der Waals surface area contributed by atoms with Crippen LogP contribution in [0.5, 0.6) is 0 Å². The van der Waals surface area contributed by atoms with E-state index < -0.39 is 52.0 Å². The van der Waals surface area contributed by atoms with E-state index >= 15 is 0 Å². The summed E-state index contributed by atoms with van der Waals surface area (Å²) in [6.07, 6.45) is -4.89. The first-order chi connectivity index (χ1) is 19.7. The van der Waals surface area contributed by atoms with E-state index in [-0.39, 0.29) is 55.2 Å². The Hall–Kier alpha value is -3.52. The summed E-state index contributed by atoms with van der Waals surface area (Å²) >= 11 is 0. The van der Waals surface area contributed by atoms with Gasteiger partial charge in [0.25, 0.3) is 5.91 Å². The van der Waals surface area contributed by atoms with Crippen molar-refractivity contribution >= 4 is 33.5 Å². The van der Waals surface area contributed by atoms with Crippen LogP contribution in [0.4, 0.5) is 28.0 Å². The fourth-order valence-corrected chi connectivity index (χ4v) is 6.46. The van der Waals surface area contributed by atoms with Crippen molar-refractivity contribution in [2.45, 2.75) is 44.8 Å². The number of carbonyl (C=O) groups is 2. The summed E-state index contributed by atoms with van der Waals surface area (Å²) in [5.74, 6) is -2.48. The van der Waals surface area contributed by atoms with E-state index in [0.717, 1.165) is 6.07 Å². The number of hydrogen-bond donors (Lipinski definition) is 2. The fourth-order valence-electron chi connectivity index (χ4n) is 5.00. The normalized spacial score (nSPS) is 19.0. The van der Waals surface area contributed by atoms with Gasteiger partial charge in [0.05, 0.1) is 11.3 Å². The number of nitrogens with two attached hydrogens (primary N) is 1. The number of carbonyl (C=O) groups excluding carboxylic acids is 2. The van der Waals surface area contributed by atoms with E-state index in [4.69, 9.17) is 9.85 Å². The number of amidine groups is 1. The number of piperidine rings is 1. The highest BCUT2D eigenvalue weighted by atomic mass is 32.2. The van der Waals surface area contributed by atoms with Gasteiger partial charge in [-0.15, -0.1) is 0 Å². The van der Waals surface area contributed by atoms with Crippen LogP contribution in [0, 0.1) is 19.7 Å². The van der Waals surface area contributed by atoms with E-state index in [0.29, 0.717) is 33.7 Å². The molecular formula is C26H29F4N5O4S. The van der Waals surface area contributed by atoms with Gasteiger partial charge in [-0.3, -0.25) is 14.7 Å². The summed E-state index contributed by atoms with van der Waals surface area (Å²) in [5.41, 5.74) is 4.12. The van der Waals surface area contributed by atoms with Gasteiger partial charge in [-0.05, 0) is 80.1 Å². The van der Waals surface area contributed by atoms with Gasteiger partial charge in [0.1, 0.15) is 17.2 Å². The van der Waals surface area contributed by atoms with Gasteiger partial charge in [-0.1, -0.05) is 0 Å². The van der Waals surface area contributed by atoms with Crippen molar-refractivity contribution < 1.29 is 39.7 Å². The molecule has 0 aromatic heterocycles. The minimum atomic E-state index is -4.94. The molecule has 0 bridgehead atoms. The Morgan fingerprint density at radius 1 is 1.20 bits per heavy atom. The molecule has 0 saturated carbocycles. The van der Waals surface area contributed by atoms with E-state index in [2.05, 4.69) is 10.3 Å². The van der Waals surface area contributed by atoms with E-state index in [1.54, 1.807) is 13.8 Å². The average Bonchev–Trinajstić information content (AvgIpc) is 3.17. The van der Waals surface area contributed by atoms with Crippen LogP contribution in [0.2, 0.25) is 0 Å². The Balaban J connectivity index is 1.46. The molecule has 2 aliphatic rings. The van der Waals surface area contributed by atoms with Crippen molar-refractivity contribution in [1.29, 1.82) is 0 Å². The third-order valence-electron chi connectivity index (χ3n) is 7.24. The van der Waals surface area contributed by atoms with E-state index in [1.807, 2.05) is 0 Å². The minimum Gasteiger partial charge on any atom is -0.351 e. The average molecular weight is 587 g/mol. The number of nitrogens with one attached hydrogen (secondary N) is 1. The second-order valence-electron chi connectivity index (χ2n) is 9.84. The molecule has 216 valence electrons. The Morgan fingerprint density at radius 3 is 2.38 bits per heavy atom. The number of aryl methyl sites for hydroxylation is 2. The van der Waals surface area contributed by atoms with Gasteiger partial charge < -0.3 is 11.1 Å². The van der Waals surface area contributed by atoms with E-state index in [9.17, 15) is 35.6 Å². The van der Waals surface area contributed by atoms with Crippen LogP contribution in [0.1, 0.15) is 44.8 Å². The van der Waals surface area contributed by atoms with Crippen molar-refractivity contribution in [2.24, 2.45) is 10.7 Å². The standard InChI is InChI=1S/C26H29F4N5O4S/c1-15-12-18(34(3)24(31)37)13-16(2)19(15)6-11-40(38,39)35-9-7-25(8-10-35)23(36)32-22(33-25)17-4-5-21(27)20(14-17)26(28,29)30/h4-5,12-14H,6-11H2,1-3H3,(H2,31,37)(H,32,33,36)/i3D3. The molecule has 3 N–H and O–H groups in total. The van der Waals surface area contributed by atoms with Crippen LogP contribution in [-0.2, 0) is 27.4 Å². The maximum Gasteiger partial charge on any atom is 0.419 e. The highest BCUT2D eigenvalue weighted by Gasteiger charge is 2.47. The van der Waals surface area contributed by atoms with Crippen molar-refractivity contribution in [3.8, 4) is 0 Å². The topological polar surface area (TPSA) is 125 Å². The van der Waals surface area contributed by atoms with Gasteiger partial charge in [-0.25, -0.2) is 21.9 Å². The summed E-state index contributed by atoms with van der Waals surface area (Å²) in [6.45, 7) is 0.386. The molecule has 40 heavy (non-hydrogen) atoms. The Kier molecular flexibility index (Phi) is 6.66. The molecule has 0 aliphatic carbocycles. The molecule has 1 spiro atoms. The molecule has 2 aromatic rings. The number of rotatable bonds is 6. The van der Waals surface area contributed by atoms with Crippen LogP contribution in [0.25, 0.3) is 0 Å². The summed E-state index contributed by atoms with van der Waals surface area (Å²) in [7, 11) is -3.82. The summed E-state index contributed by atoms with van der Waals surface area (Å²) < 4.78 is 104. The molecule has 2 aromatic carbocycles. The van der Waals surface area contributed by atoms with Crippen LogP contribution in [0.15, 0.2) is 35.3 Å². The van der Waals surface area contributed by atoms with Gasteiger partial charge in [0.2, 0.25) is 10.0 Å². The van der Waals surface area contributed by atoms with E-state index in [1.165, 1.54) is 16.4 Å². The maximum absolute atomic E-state index is 13.7. The Bertz CT molecular complexity index is 1580. The number of hydrogen-bond acceptors (Lipinski definition) is 5. The predicted octanol–water partition coefficient (Wildman–Crippen LogP) is 3.26. The van der Waals surface area contributed by atoms with Crippen LogP contribution in [-0.4, -0.2) is 61.9 Å². The van der Waals surface area contributed by atoms with Crippen LogP contribution in [0.3, 0.4) is 0 Å². The summed E-state index contributed by atoms with van der Waals surface area (Å²) in [6, 6.07) is 4.03. The van der Waals surface area contributed by atoms with Crippen molar-refractivity contribution in [3.05, 3.63) is 64.0 Å². The number of primary amides is 1. The zero-order valence-electron chi connectivity index (χ0n) is 24.6. The zero-order valence-corrected chi connectivity index (χ0v) is 22.4. The molecule has 14 heteroatoms. The highest BCUT2D eigenvalue weighted by molar-refractivity contribution is 7.89. The first-order valence-electron chi connectivity index (χ1n) is 13.7. The lowest BCUT2D eigenvalue weighted by Gasteiger charge is -2.34. The number of amides is 3. The molecule has 4 rings (SSSR count). The molecule has 0 radical (unpaired) electrons. The molecule has 0 atom stereocenters. The number of aliphatic imine (C=N–C) groups is 1. The van der Waals surface area contributed by atoms with Crippen molar-refractivity contribution in [1.82, 2.24) is 9.62 Å². The van der Waals surface area contributed by atoms with Gasteiger partial charge in [-0.2, -0.15) is 13.2 Å². The number of anilines is 1. The Morgan fingerprint density at radius 2 is 1.82 bits per heavy atom. The molecule has 1 fully saturated rings. The monoisotopic (exact) mass is 586 g/mol. The molecule has 0 unspecified atom stereocenters. The quantitative estimate of drug-likeness (QED) is 0.504.